The molecule has 3 rings (SSSR count). The van der Waals surface area contributed by atoms with Crippen LogP contribution in [0.2, 0.25) is 0 Å². The van der Waals surface area contributed by atoms with E-state index >= 15 is 0 Å². The molecule has 2 aromatic carbocycles. The Morgan fingerprint density at radius 1 is 1.30 bits per heavy atom. The Morgan fingerprint density at radius 2 is 2.04 bits per heavy atom. The van der Waals surface area contributed by atoms with E-state index in [1.54, 1.807) is 11.4 Å². The molecule has 1 aliphatic carbocycles. The van der Waals surface area contributed by atoms with Gasteiger partial charge in [-0.05, 0) is 79.6 Å². The highest BCUT2D eigenvalue weighted by Crippen LogP contribution is 2.43. The van der Waals surface area contributed by atoms with E-state index in [9.17, 15) is 5.11 Å². The highest BCUT2D eigenvalue weighted by molar-refractivity contribution is 6.31. The Morgan fingerprint density at radius 3 is 2.67 bits per heavy atom. The summed E-state index contributed by atoms with van der Waals surface area (Å²) in [5.41, 5.74) is 4.97. The number of aromatic hydroxyl groups is 1. The summed E-state index contributed by atoms with van der Waals surface area (Å²) in [6.45, 7) is 4.15. The summed E-state index contributed by atoms with van der Waals surface area (Å²) < 4.78 is 6.01. The summed E-state index contributed by atoms with van der Waals surface area (Å²) in [4.78, 5) is 0. The number of halogens is 1. The number of phenolic OH excluding ortho intramolecular Hbond substituents is 1. The van der Waals surface area contributed by atoms with Gasteiger partial charge >= 0.3 is 0 Å². The molecule has 0 radical (unpaired) electrons. The molecule has 4 N–H and O–H groups in total. The highest BCUT2D eigenvalue weighted by atomic mass is 35.5. The Labute approximate surface area is 165 Å². The maximum absolute atomic E-state index is 10.2. The number of hydrogen-bond acceptors (Lipinski definition) is 3. The maximum atomic E-state index is 10.2. The van der Waals surface area contributed by atoms with E-state index < -0.39 is 0 Å². The first-order valence-electron chi connectivity index (χ1n) is 9.21. The largest absolute Gasteiger partial charge is 0.508 e. The van der Waals surface area contributed by atoms with E-state index in [4.69, 9.17) is 21.7 Å². The van der Waals surface area contributed by atoms with Crippen LogP contribution in [0.5, 0.6) is 11.5 Å². The molecule has 0 bridgehead atoms. The van der Waals surface area contributed by atoms with Gasteiger partial charge in [0.15, 0.2) is 0 Å². The third-order valence-corrected chi connectivity index (χ3v) is 5.53. The number of rotatable bonds is 7. The molecule has 27 heavy (non-hydrogen) atoms. The summed E-state index contributed by atoms with van der Waals surface area (Å²) in [5.74, 6) is 1.60. The van der Waals surface area contributed by atoms with Crippen LogP contribution in [0.25, 0.3) is 0 Å². The molecule has 1 fully saturated rings. The number of nitrogens with two attached hydrogens (primary N) is 1. The molecule has 4 nitrogen and oxygen atoms in total. The zero-order valence-electron chi connectivity index (χ0n) is 16.0. The molecule has 142 valence electrons. The summed E-state index contributed by atoms with van der Waals surface area (Å²) in [5, 5.41) is 21.0. The second-order valence-electron chi connectivity index (χ2n) is 7.02. The first-order valence-corrected chi connectivity index (χ1v) is 9.59. The van der Waals surface area contributed by atoms with Crippen LogP contribution >= 0.6 is 11.6 Å². The number of nitrogens with one attached hydrogen (secondary N) is 1. The lowest BCUT2D eigenvalue weighted by Crippen LogP contribution is -2.76. The fourth-order valence-corrected chi connectivity index (χ4v) is 3.29. The van der Waals surface area contributed by atoms with Crippen molar-refractivity contribution in [3.05, 3.63) is 69.4 Å². The lowest BCUT2D eigenvalue weighted by molar-refractivity contribution is -0.565. The van der Waals surface area contributed by atoms with Gasteiger partial charge in [-0.3, -0.25) is 5.41 Å². The van der Waals surface area contributed by atoms with E-state index in [-0.39, 0.29) is 0 Å². The van der Waals surface area contributed by atoms with Gasteiger partial charge in [-0.1, -0.05) is 12.1 Å². The van der Waals surface area contributed by atoms with Gasteiger partial charge in [0.1, 0.15) is 18.1 Å². The van der Waals surface area contributed by atoms with Crippen LogP contribution in [0.15, 0.2) is 47.1 Å². The summed E-state index contributed by atoms with van der Waals surface area (Å²) in [7, 11) is 1.86. The average molecular weight is 386 g/mol. The number of quaternary nitrogens is 1. The van der Waals surface area contributed by atoms with Gasteiger partial charge in [-0.15, -0.1) is 0 Å². The predicted octanol–water partition coefficient (Wildman–Crippen LogP) is 4.19. The zero-order chi connectivity index (χ0) is 19.6. The number of allylic oxidation sites excluding steroid dienone is 1. The Balaban J connectivity index is 1.77. The molecule has 5 heteroatoms. The Hall–Kier alpha value is -2.30. The lowest BCUT2D eigenvalue weighted by atomic mass is 10.0. The minimum absolute atomic E-state index is 0.293. The molecular formula is C22H26ClN2O2+. The standard InChI is InChI=1S/C22H25ClN2O2/c1-13-11-16(21(24)14(2)22(23)25-3)9-10-20(13)27-12-18-17(15-7-8-15)5-4-6-19(18)26/h4-6,9-11,15,24-26H,7-8,12H2,1-3H3/p+1. The third-order valence-electron chi connectivity index (χ3n) is 5.03. The van der Waals surface area contributed by atoms with Crippen molar-refractivity contribution >= 4 is 17.3 Å². The molecule has 0 amide bonds. The number of benzene rings is 2. The normalized spacial score (nSPS) is 14.7. The highest BCUT2D eigenvalue weighted by Gasteiger charge is 2.27. The molecule has 1 saturated carbocycles. The molecule has 1 aliphatic rings. The Kier molecular flexibility index (Phi) is 5.88. The topological polar surface area (TPSA) is 69.9 Å². The van der Waals surface area contributed by atoms with Crippen molar-refractivity contribution < 1.29 is 15.2 Å². The summed E-state index contributed by atoms with van der Waals surface area (Å²) in [6.07, 6.45) is 2.35. The molecule has 0 aromatic heterocycles. The van der Waals surface area contributed by atoms with Gasteiger partial charge in [0.2, 0.25) is 5.16 Å². The van der Waals surface area contributed by atoms with Crippen molar-refractivity contribution in [3.63, 3.8) is 0 Å². The van der Waals surface area contributed by atoms with E-state index in [0.29, 0.717) is 29.1 Å². The van der Waals surface area contributed by atoms with Crippen molar-refractivity contribution in [1.29, 1.82) is 5.41 Å². The Bertz CT molecular complexity index is 901. The molecular weight excluding hydrogens is 360 g/mol. The van der Waals surface area contributed by atoms with E-state index in [1.165, 1.54) is 18.4 Å². The van der Waals surface area contributed by atoms with Crippen LogP contribution in [-0.2, 0) is 6.61 Å². The number of hydrogen-bond donors (Lipinski definition) is 3. The van der Waals surface area contributed by atoms with Crippen molar-refractivity contribution in [3.8, 4) is 11.5 Å². The molecule has 0 unspecified atom stereocenters. The first kappa shape index (κ1) is 19.5. The second-order valence-corrected chi connectivity index (χ2v) is 7.43. The minimum Gasteiger partial charge on any atom is -0.508 e. The van der Waals surface area contributed by atoms with Crippen molar-refractivity contribution in [2.24, 2.45) is 0 Å². The molecule has 2 aromatic rings. The van der Waals surface area contributed by atoms with Crippen LogP contribution in [0.4, 0.5) is 0 Å². The molecule has 0 aliphatic heterocycles. The fourth-order valence-electron chi connectivity index (χ4n) is 3.20. The first-order chi connectivity index (χ1) is 12.9. The quantitative estimate of drug-likeness (QED) is 0.494. The van der Waals surface area contributed by atoms with Crippen molar-refractivity contribution in [2.45, 2.75) is 39.2 Å². The van der Waals surface area contributed by atoms with E-state index in [1.807, 2.05) is 45.2 Å². The van der Waals surface area contributed by atoms with Gasteiger partial charge in [-0.25, -0.2) is 0 Å². The van der Waals surface area contributed by atoms with Crippen LogP contribution in [-0.4, -0.2) is 17.9 Å². The predicted molar refractivity (Wildman–Crippen MR) is 109 cm³/mol. The monoisotopic (exact) mass is 385 g/mol. The van der Waals surface area contributed by atoms with Crippen LogP contribution in [0.1, 0.15) is 47.9 Å². The molecule has 0 saturated heterocycles. The van der Waals surface area contributed by atoms with Crippen LogP contribution in [0, 0.1) is 12.3 Å². The second kappa shape index (κ2) is 8.15. The maximum Gasteiger partial charge on any atom is 0.203 e. The van der Waals surface area contributed by atoms with Gasteiger partial charge in [0.25, 0.3) is 0 Å². The van der Waals surface area contributed by atoms with Gasteiger partial charge in [0, 0.05) is 16.7 Å². The smallest absolute Gasteiger partial charge is 0.203 e. The van der Waals surface area contributed by atoms with E-state index in [0.717, 1.165) is 28.0 Å². The number of aryl methyl sites for hydroxylation is 1. The van der Waals surface area contributed by atoms with Crippen LogP contribution in [0.3, 0.4) is 0 Å². The number of phenols is 1. The third kappa shape index (κ3) is 4.34. The van der Waals surface area contributed by atoms with Crippen LogP contribution < -0.4 is 10.1 Å². The average Bonchev–Trinajstić information content (AvgIpc) is 3.51. The SMILES string of the molecule is C[NH2+]C(Cl)=C(C)C(=N)c1ccc(OCc2c(O)cccc2C2CC2)c(C)c1. The van der Waals surface area contributed by atoms with Gasteiger partial charge < -0.3 is 15.2 Å². The van der Waals surface area contributed by atoms with Gasteiger partial charge in [0.05, 0.1) is 12.8 Å². The van der Waals surface area contributed by atoms with Gasteiger partial charge in [-0.2, -0.15) is 0 Å². The molecule has 0 spiro atoms. The zero-order valence-corrected chi connectivity index (χ0v) is 16.7. The number of ether oxygens (including phenoxy) is 1. The lowest BCUT2D eigenvalue weighted by Gasteiger charge is -2.15. The summed E-state index contributed by atoms with van der Waals surface area (Å²) in [6, 6.07) is 11.4. The fraction of sp³-hybridized carbons (Fsp3) is 0.318. The summed E-state index contributed by atoms with van der Waals surface area (Å²) >= 11 is 6.14. The molecule has 0 atom stereocenters. The molecule has 0 heterocycles. The van der Waals surface area contributed by atoms with Crippen molar-refractivity contribution in [2.75, 3.05) is 7.05 Å². The van der Waals surface area contributed by atoms with Crippen molar-refractivity contribution in [1.82, 2.24) is 0 Å². The van der Waals surface area contributed by atoms with E-state index in [2.05, 4.69) is 6.07 Å². The minimum atomic E-state index is 0.293.